The van der Waals surface area contributed by atoms with Gasteiger partial charge < -0.3 is 15.0 Å². The number of hydrogen-bond acceptors (Lipinski definition) is 7. The molecule has 0 heterocycles. The predicted octanol–water partition coefficient (Wildman–Crippen LogP) is 4.48. The second-order valence-electron chi connectivity index (χ2n) is 10.2. The van der Waals surface area contributed by atoms with Gasteiger partial charge in [-0.05, 0) is 69.5 Å². The molecule has 0 aromatic heterocycles. The number of hydrogen-bond donors (Lipinski definition) is 1. The summed E-state index contributed by atoms with van der Waals surface area (Å²) < 4.78 is 34.1. The van der Waals surface area contributed by atoms with E-state index < -0.39 is 33.4 Å². The molecule has 0 aliphatic heterocycles. The number of anilines is 1. The summed E-state index contributed by atoms with van der Waals surface area (Å²) in [7, 11) is -3.00. The van der Waals surface area contributed by atoms with Crippen molar-refractivity contribution in [2.24, 2.45) is 0 Å². The van der Waals surface area contributed by atoms with Gasteiger partial charge in [0.25, 0.3) is 15.7 Å². The molecule has 2 unspecified atom stereocenters. The maximum atomic E-state index is 14.0. The topological polar surface area (TPSA) is 139 Å². The second kappa shape index (κ2) is 14.6. The molecular formula is C31H38N4O7S. The van der Waals surface area contributed by atoms with Crippen LogP contribution in [0, 0.1) is 17.0 Å². The van der Waals surface area contributed by atoms with Crippen LogP contribution in [0.15, 0.2) is 77.7 Å². The molecule has 0 saturated heterocycles. The van der Waals surface area contributed by atoms with Crippen LogP contribution in [-0.2, 0) is 26.0 Å². The average Bonchev–Trinajstić information content (AvgIpc) is 3.00. The number of nitrogens with zero attached hydrogens (tertiary/aromatic N) is 3. The van der Waals surface area contributed by atoms with Gasteiger partial charge in [0.2, 0.25) is 11.8 Å². The first-order valence-corrected chi connectivity index (χ1v) is 15.4. The highest BCUT2D eigenvalue weighted by molar-refractivity contribution is 7.92. The van der Waals surface area contributed by atoms with Crippen molar-refractivity contribution in [3.8, 4) is 5.75 Å². The van der Waals surface area contributed by atoms with E-state index in [4.69, 9.17) is 4.74 Å². The number of nitrogens with one attached hydrogen (secondary N) is 1. The molecule has 230 valence electrons. The van der Waals surface area contributed by atoms with Crippen molar-refractivity contribution in [3.63, 3.8) is 0 Å². The molecule has 0 radical (unpaired) electrons. The van der Waals surface area contributed by atoms with E-state index in [9.17, 15) is 28.1 Å². The van der Waals surface area contributed by atoms with Gasteiger partial charge in [-0.1, -0.05) is 43.3 Å². The van der Waals surface area contributed by atoms with E-state index in [0.29, 0.717) is 24.2 Å². The minimum atomic E-state index is -4.47. The quantitative estimate of drug-likeness (QED) is 0.210. The van der Waals surface area contributed by atoms with E-state index >= 15 is 0 Å². The summed E-state index contributed by atoms with van der Waals surface area (Å²) in [5.74, 6) is -0.495. The summed E-state index contributed by atoms with van der Waals surface area (Å²) in [6.07, 6.45) is 1.13. The first kappa shape index (κ1) is 33.1. The van der Waals surface area contributed by atoms with Crippen LogP contribution < -0.4 is 14.4 Å². The van der Waals surface area contributed by atoms with Crippen LogP contribution in [0.2, 0.25) is 0 Å². The molecule has 0 fully saturated rings. The van der Waals surface area contributed by atoms with Crippen LogP contribution in [0.5, 0.6) is 5.75 Å². The lowest BCUT2D eigenvalue weighted by molar-refractivity contribution is -0.385. The van der Waals surface area contributed by atoms with Crippen molar-refractivity contribution in [1.82, 2.24) is 10.2 Å². The summed E-state index contributed by atoms with van der Waals surface area (Å²) in [5, 5.41) is 14.5. The first-order valence-electron chi connectivity index (χ1n) is 13.9. The van der Waals surface area contributed by atoms with Gasteiger partial charge >= 0.3 is 0 Å². The molecule has 3 aromatic rings. The number of benzene rings is 3. The molecule has 0 bridgehead atoms. The van der Waals surface area contributed by atoms with E-state index in [-0.39, 0.29) is 34.8 Å². The Morgan fingerprint density at radius 2 is 1.67 bits per heavy atom. The zero-order valence-electron chi connectivity index (χ0n) is 25.0. The van der Waals surface area contributed by atoms with Crippen molar-refractivity contribution in [2.75, 3.05) is 24.5 Å². The Hall–Kier alpha value is -4.45. The number of carbonyl (C=O) groups is 2. The number of carbonyl (C=O) groups excluding carboxylic acids is 2. The van der Waals surface area contributed by atoms with Gasteiger partial charge in [0.05, 0.1) is 22.6 Å². The third-order valence-electron chi connectivity index (χ3n) is 7.26. The Morgan fingerprint density at radius 3 is 2.26 bits per heavy atom. The predicted molar refractivity (Wildman–Crippen MR) is 165 cm³/mol. The molecule has 3 rings (SSSR count). The highest BCUT2D eigenvalue weighted by Crippen LogP contribution is 2.29. The van der Waals surface area contributed by atoms with E-state index in [1.807, 2.05) is 44.2 Å². The molecular weight excluding hydrogens is 572 g/mol. The molecule has 2 amide bonds. The fourth-order valence-corrected chi connectivity index (χ4v) is 5.82. The normalized spacial score (nSPS) is 12.6. The minimum Gasteiger partial charge on any atom is -0.497 e. The minimum absolute atomic E-state index is 0.116. The number of amides is 2. The number of aryl methyl sites for hydroxylation is 1. The van der Waals surface area contributed by atoms with E-state index in [0.717, 1.165) is 15.9 Å². The van der Waals surface area contributed by atoms with Crippen molar-refractivity contribution in [2.45, 2.75) is 57.5 Å². The van der Waals surface area contributed by atoms with Crippen LogP contribution in [0.1, 0.15) is 38.3 Å². The van der Waals surface area contributed by atoms with Gasteiger partial charge in [0, 0.05) is 24.2 Å². The Balaban J connectivity index is 2.04. The number of nitro benzene ring substituents is 1. The van der Waals surface area contributed by atoms with Gasteiger partial charge in [0.1, 0.15) is 18.3 Å². The summed E-state index contributed by atoms with van der Waals surface area (Å²) in [4.78, 5) is 39.1. The van der Waals surface area contributed by atoms with Gasteiger partial charge in [-0.15, -0.1) is 0 Å². The summed E-state index contributed by atoms with van der Waals surface area (Å²) in [6, 6.07) is 18.1. The molecule has 0 saturated carbocycles. The van der Waals surface area contributed by atoms with Gasteiger partial charge in [-0.3, -0.25) is 24.0 Å². The number of methoxy groups -OCH3 is 1. The van der Waals surface area contributed by atoms with Crippen molar-refractivity contribution < 1.29 is 27.7 Å². The van der Waals surface area contributed by atoms with Gasteiger partial charge in [0.15, 0.2) is 0 Å². The summed E-state index contributed by atoms with van der Waals surface area (Å²) >= 11 is 0. The standard InChI is InChI=1S/C31H38N4O7S/c1-6-23(3)32-31(37)24(4)33(19-18-25-10-8-7-9-11-25)30(36)21-34(26-13-15-27(42-5)16-14-26)43(40,41)28-17-12-22(2)29(20-28)35(38)39/h7-17,20,23-24H,6,18-19,21H2,1-5H3,(H,32,37). The SMILES string of the molecule is CCC(C)NC(=O)C(C)N(CCc1ccccc1)C(=O)CN(c1ccc(OC)cc1)S(=O)(=O)c1ccc(C)c([N+](=O)[O-])c1. The molecule has 43 heavy (non-hydrogen) atoms. The zero-order valence-corrected chi connectivity index (χ0v) is 25.8. The Labute approximate surface area is 252 Å². The molecule has 12 heteroatoms. The highest BCUT2D eigenvalue weighted by atomic mass is 32.2. The monoisotopic (exact) mass is 610 g/mol. The Kier molecular flexibility index (Phi) is 11.2. The smallest absolute Gasteiger partial charge is 0.273 e. The number of rotatable bonds is 14. The van der Waals surface area contributed by atoms with Crippen molar-refractivity contribution in [3.05, 3.63) is 94.0 Å². The molecule has 0 aliphatic rings. The van der Waals surface area contributed by atoms with Crippen molar-refractivity contribution >= 4 is 33.2 Å². The van der Waals surface area contributed by atoms with E-state index in [1.165, 1.54) is 43.2 Å². The largest absolute Gasteiger partial charge is 0.497 e. The third kappa shape index (κ3) is 8.31. The maximum absolute atomic E-state index is 14.0. The van der Waals surface area contributed by atoms with Gasteiger partial charge in [-0.2, -0.15) is 0 Å². The van der Waals surface area contributed by atoms with Crippen LogP contribution in [0.4, 0.5) is 11.4 Å². The van der Waals surface area contributed by atoms with Crippen LogP contribution >= 0.6 is 0 Å². The summed E-state index contributed by atoms with van der Waals surface area (Å²) in [5.41, 5.74) is 1.03. The Morgan fingerprint density at radius 1 is 1.02 bits per heavy atom. The van der Waals surface area contributed by atoms with E-state index in [2.05, 4.69) is 5.32 Å². The lowest BCUT2D eigenvalue weighted by atomic mass is 10.1. The second-order valence-corrected chi connectivity index (χ2v) is 12.1. The number of sulfonamides is 1. The molecule has 2 atom stereocenters. The van der Waals surface area contributed by atoms with Gasteiger partial charge in [-0.25, -0.2) is 8.42 Å². The Bertz CT molecular complexity index is 1530. The lowest BCUT2D eigenvalue weighted by Crippen LogP contribution is -2.53. The third-order valence-corrected chi connectivity index (χ3v) is 9.03. The van der Waals surface area contributed by atoms with Crippen LogP contribution in [-0.4, -0.2) is 62.3 Å². The first-order chi connectivity index (χ1) is 20.4. The molecule has 0 spiro atoms. The van der Waals surface area contributed by atoms with Crippen molar-refractivity contribution in [1.29, 1.82) is 0 Å². The zero-order chi connectivity index (χ0) is 31.7. The molecule has 1 N–H and O–H groups in total. The number of ether oxygens (including phenoxy) is 1. The van der Waals surface area contributed by atoms with Crippen LogP contribution in [0.25, 0.3) is 0 Å². The maximum Gasteiger partial charge on any atom is 0.273 e. The molecule has 11 nitrogen and oxygen atoms in total. The van der Waals surface area contributed by atoms with E-state index in [1.54, 1.807) is 19.1 Å². The molecule has 3 aromatic carbocycles. The molecule has 0 aliphatic carbocycles. The fraction of sp³-hybridized carbons (Fsp3) is 0.355. The summed E-state index contributed by atoms with van der Waals surface area (Å²) in [6.45, 7) is 6.42. The lowest BCUT2D eigenvalue weighted by Gasteiger charge is -2.32. The van der Waals surface area contributed by atoms with Crippen LogP contribution in [0.3, 0.4) is 0 Å². The number of nitro groups is 1. The average molecular weight is 611 g/mol. The highest BCUT2D eigenvalue weighted by Gasteiger charge is 2.33. The fourth-order valence-electron chi connectivity index (χ4n) is 4.39.